The van der Waals surface area contributed by atoms with Gasteiger partial charge in [-0.15, -0.1) is 11.3 Å². The van der Waals surface area contributed by atoms with Gasteiger partial charge in [-0.05, 0) is 31.4 Å². The third kappa shape index (κ3) is 6.88. The lowest BCUT2D eigenvalue weighted by Gasteiger charge is -2.10. The van der Waals surface area contributed by atoms with Crippen LogP contribution in [0.3, 0.4) is 0 Å². The number of hydrogen-bond donors (Lipinski definition) is 1. The molecule has 0 amide bonds. The standard InChI is InChI=1S/C19H23F2N3O3S/c1-4-26-17(25)9-14-11-28-19(23-14)24-22-10-13-7-15(20)18(21)16(8-13)27-6-5-12(2)3/h7-8,10-12H,4-6,9H2,1-3H3,(H,23,24). The summed E-state index contributed by atoms with van der Waals surface area (Å²) in [6.45, 7) is 6.39. The lowest BCUT2D eigenvalue weighted by Crippen LogP contribution is -2.07. The average Bonchev–Trinajstić information content (AvgIpc) is 3.06. The van der Waals surface area contributed by atoms with Gasteiger partial charge in [-0.3, -0.25) is 10.2 Å². The number of carbonyl (C=O) groups excluding carboxylic acids is 1. The molecule has 9 heteroatoms. The van der Waals surface area contributed by atoms with Gasteiger partial charge < -0.3 is 9.47 Å². The Bertz CT molecular complexity index is 825. The largest absolute Gasteiger partial charge is 0.490 e. The zero-order chi connectivity index (χ0) is 20.5. The van der Waals surface area contributed by atoms with E-state index in [0.29, 0.717) is 35.5 Å². The van der Waals surface area contributed by atoms with Crippen LogP contribution in [0.15, 0.2) is 22.6 Å². The highest BCUT2D eigenvalue weighted by atomic mass is 32.1. The van der Waals surface area contributed by atoms with Crippen molar-refractivity contribution >= 4 is 28.7 Å². The first-order valence-corrected chi connectivity index (χ1v) is 9.78. The minimum Gasteiger partial charge on any atom is -0.490 e. The summed E-state index contributed by atoms with van der Waals surface area (Å²) in [7, 11) is 0. The number of rotatable bonds is 10. The fourth-order valence-electron chi connectivity index (χ4n) is 2.13. The monoisotopic (exact) mass is 411 g/mol. The fourth-order valence-corrected chi connectivity index (χ4v) is 2.79. The van der Waals surface area contributed by atoms with Gasteiger partial charge in [-0.25, -0.2) is 9.37 Å². The maximum absolute atomic E-state index is 13.8. The van der Waals surface area contributed by atoms with Crippen LogP contribution in [-0.2, 0) is 16.0 Å². The molecular formula is C19H23F2N3O3S. The first kappa shape index (κ1) is 21.7. The van der Waals surface area contributed by atoms with Crippen LogP contribution in [0.2, 0.25) is 0 Å². The van der Waals surface area contributed by atoms with Crippen molar-refractivity contribution in [2.75, 3.05) is 18.6 Å². The predicted octanol–water partition coefficient (Wildman–Crippen LogP) is 4.40. The summed E-state index contributed by atoms with van der Waals surface area (Å²) in [5.74, 6) is -2.12. The maximum Gasteiger partial charge on any atom is 0.311 e. The second-order valence-corrected chi connectivity index (χ2v) is 7.20. The molecule has 1 heterocycles. The van der Waals surface area contributed by atoms with Crippen molar-refractivity contribution in [1.29, 1.82) is 0 Å². The first-order valence-electron chi connectivity index (χ1n) is 8.90. The van der Waals surface area contributed by atoms with Gasteiger partial charge in [0.1, 0.15) is 0 Å². The Kier molecular flexibility index (Phi) is 8.31. The lowest BCUT2D eigenvalue weighted by molar-refractivity contribution is -0.142. The number of ether oxygens (including phenoxy) is 2. The molecule has 0 aliphatic rings. The number of benzene rings is 1. The van der Waals surface area contributed by atoms with Gasteiger partial charge in [-0.2, -0.15) is 9.49 Å². The van der Waals surface area contributed by atoms with Gasteiger partial charge >= 0.3 is 5.97 Å². The quantitative estimate of drug-likeness (QED) is 0.356. The molecule has 0 spiro atoms. The van der Waals surface area contributed by atoms with E-state index >= 15 is 0 Å². The molecule has 2 rings (SSSR count). The highest BCUT2D eigenvalue weighted by molar-refractivity contribution is 7.13. The second-order valence-electron chi connectivity index (χ2n) is 6.34. The Morgan fingerprint density at radius 1 is 1.39 bits per heavy atom. The van der Waals surface area contributed by atoms with E-state index in [4.69, 9.17) is 9.47 Å². The Hall–Kier alpha value is -2.55. The number of thiazole rings is 1. The predicted molar refractivity (Wildman–Crippen MR) is 105 cm³/mol. The first-order chi connectivity index (χ1) is 13.4. The number of anilines is 1. The van der Waals surface area contributed by atoms with Gasteiger partial charge in [0, 0.05) is 10.9 Å². The fraction of sp³-hybridized carbons (Fsp3) is 0.421. The number of nitrogens with one attached hydrogen (secondary N) is 1. The maximum atomic E-state index is 13.8. The zero-order valence-corrected chi connectivity index (χ0v) is 16.8. The van der Waals surface area contributed by atoms with Crippen LogP contribution in [0.1, 0.15) is 38.4 Å². The van der Waals surface area contributed by atoms with Gasteiger partial charge in [0.05, 0.1) is 31.5 Å². The topological polar surface area (TPSA) is 72.8 Å². The van der Waals surface area contributed by atoms with Crippen molar-refractivity contribution in [2.24, 2.45) is 11.0 Å². The van der Waals surface area contributed by atoms with Crippen LogP contribution in [-0.4, -0.2) is 30.4 Å². The number of esters is 1. The van der Waals surface area contributed by atoms with Crippen molar-refractivity contribution in [1.82, 2.24) is 4.98 Å². The van der Waals surface area contributed by atoms with E-state index in [0.717, 1.165) is 12.5 Å². The molecule has 0 radical (unpaired) electrons. The Balaban J connectivity index is 1.97. The lowest BCUT2D eigenvalue weighted by atomic mass is 10.1. The molecule has 0 atom stereocenters. The van der Waals surface area contributed by atoms with E-state index in [1.54, 1.807) is 12.3 Å². The van der Waals surface area contributed by atoms with E-state index in [1.165, 1.54) is 23.6 Å². The number of carbonyl (C=O) groups is 1. The summed E-state index contributed by atoms with van der Waals surface area (Å²) in [6.07, 6.45) is 2.15. The minimum atomic E-state index is -1.02. The molecule has 1 aromatic carbocycles. The number of nitrogens with zero attached hydrogens (tertiary/aromatic N) is 2. The smallest absolute Gasteiger partial charge is 0.311 e. The van der Waals surface area contributed by atoms with Crippen molar-refractivity contribution < 1.29 is 23.0 Å². The zero-order valence-electron chi connectivity index (χ0n) is 16.0. The van der Waals surface area contributed by atoms with E-state index in [2.05, 4.69) is 15.5 Å². The number of hydrogen-bond acceptors (Lipinski definition) is 7. The van der Waals surface area contributed by atoms with Crippen molar-refractivity contribution in [2.45, 2.75) is 33.6 Å². The SMILES string of the molecule is CCOC(=O)Cc1csc(NN=Cc2cc(F)c(F)c(OCCC(C)C)c2)n1. The van der Waals surface area contributed by atoms with E-state index < -0.39 is 11.6 Å². The van der Waals surface area contributed by atoms with Crippen LogP contribution in [0.25, 0.3) is 0 Å². The van der Waals surface area contributed by atoms with Crippen LogP contribution in [0, 0.1) is 17.6 Å². The molecule has 1 aromatic heterocycles. The van der Waals surface area contributed by atoms with Crippen LogP contribution in [0.4, 0.5) is 13.9 Å². The molecule has 0 saturated carbocycles. The van der Waals surface area contributed by atoms with Crippen LogP contribution in [0.5, 0.6) is 5.75 Å². The molecule has 0 fully saturated rings. The highest BCUT2D eigenvalue weighted by Gasteiger charge is 2.12. The second kappa shape index (κ2) is 10.7. The summed E-state index contributed by atoms with van der Waals surface area (Å²) in [5, 5.41) is 6.15. The Morgan fingerprint density at radius 2 is 2.18 bits per heavy atom. The van der Waals surface area contributed by atoms with Gasteiger partial charge in [0.2, 0.25) is 10.9 Å². The average molecular weight is 411 g/mol. The molecule has 1 N–H and O–H groups in total. The van der Waals surface area contributed by atoms with Crippen molar-refractivity contribution in [3.05, 3.63) is 40.4 Å². The van der Waals surface area contributed by atoms with E-state index in [9.17, 15) is 13.6 Å². The third-order valence-electron chi connectivity index (χ3n) is 3.53. The minimum absolute atomic E-state index is 0.0793. The molecule has 0 unspecified atom stereocenters. The van der Waals surface area contributed by atoms with E-state index in [-0.39, 0.29) is 18.1 Å². The normalized spacial score (nSPS) is 11.2. The number of hydrazone groups is 1. The molecule has 152 valence electrons. The number of halogens is 2. The molecule has 6 nitrogen and oxygen atoms in total. The van der Waals surface area contributed by atoms with Gasteiger partial charge in [0.25, 0.3) is 0 Å². The highest BCUT2D eigenvalue weighted by Crippen LogP contribution is 2.22. The molecular weight excluding hydrogens is 388 g/mol. The molecule has 2 aromatic rings. The summed E-state index contributed by atoms with van der Waals surface area (Å²) in [5.41, 5.74) is 3.60. The molecule has 0 aliphatic heterocycles. The summed E-state index contributed by atoms with van der Waals surface area (Å²) < 4.78 is 37.8. The molecule has 28 heavy (non-hydrogen) atoms. The van der Waals surface area contributed by atoms with Crippen molar-refractivity contribution in [3.8, 4) is 5.75 Å². The Labute approximate surface area is 166 Å². The van der Waals surface area contributed by atoms with Gasteiger partial charge in [-0.1, -0.05) is 13.8 Å². The molecule has 0 saturated heterocycles. The molecule has 0 aliphatic carbocycles. The summed E-state index contributed by atoms with van der Waals surface area (Å²) in [6, 6.07) is 2.42. The van der Waals surface area contributed by atoms with E-state index in [1.807, 2.05) is 13.8 Å². The summed E-state index contributed by atoms with van der Waals surface area (Å²) >= 11 is 1.26. The van der Waals surface area contributed by atoms with Crippen molar-refractivity contribution in [3.63, 3.8) is 0 Å². The van der Waals surface area contributed by atoms with Gasteiger partial charge in [0.15, 0.2) is 11.6 Å². The number of aromatic nitrogens is 1. The van der Waals surface area contributed by atoms with Crippen LogP contribution >= 0.6 is 11.3 Å². The third-order valence-corrected chi connectivity index (χ3v) is 4.32. The molecule has 0 bridgehead atoms. The Morgan fingerprint density at radius 3 is 2.89 bits per heavy atom. The van der Waals surface area contributed by atoms with Crippen LogP contribution < -0.4 is 10.2 Å². The summed E-state index contributed by atoms with van der Waals surface area (Å²) in [4.78, 5) is 15.6.